The second-order valence-electron chi connectivity index (χ2n) is 6.61. The first-order valence-corrected chi connectivity index (χ1v) is 10.6. The van der Waals surface area contributed by atoms with E-state index in [1.165, 1.54) is 66.9 Å². The Bertz CT molecular complexity index is 1320. The number of halogens is 3. The summed E-state index contributed by atoms with van der Waals surface area (Å²) in [4.78, 5) is 34.9. The second kappa shape index (κ2) is 11.4. The molecule has 1 N–H and O–H groups in total. The van der Waals surface area contributed by atoms with Gasteiger partial charge in [0.15, 0.2) is 0 Å². The van der Waals surface area contributed by atoms with Gasteiger partial charge in [-0.3, -0.25) is 14.9 Å². The molecule has 3 aromatic rings. The Hall–Kier alpha value is -3.72. The Morgan fingerprint density at radius 1 is 1.00 bits per heavy atom. The molecule has 0 saturated heterocycles. The monoisotopic (exact) mass is 517 g/mol. The van der Waals surface area contributed by atoms with Crippen LogP contribution in [0.2, 0.25) is 15.1 Å². The highest BCUT2D eigenvalue weighted by molar-refractivity contribution is 6.36. The predicted molar refractivity (Wildman–Crippen MR) is 131 cm³/mol. The average Bonchev–Trinajstić information content (AvgIpc) is 2.79. The third-order valence-electron chi connectivity index (χ3n) is 4.22. The molecular formula is C23H14Cl3N3O5. The highest BCUT2D eigenvalue weighted by Gasteiger charge is 2.11. The van der Waals surface area contributed by atoms with E-state index >= 15 is 0 Å². The van der Waals surface area contributed by atoms with E-state index in [2.05, 4.69) is 10.5 Å². The molecule has 34 heavy (non-hydrogen) atoms. The zero-order chi connectivity index (χ0) is 24.7. The van der Waals surface area contributed by atoms with Gasteiger partial charge in [-0.05, 0) is 48.0 Å². The van der Waals surface area contributed by atoms with E-state index in [-0.39, 0.29) is 22.0 Å². The molecule has 3 rings (SSSR count). The van der Waals surface area contributed by atoms with Crippen molar-refractivity contribution in [3.8, 4) is 5.75 Å². The lowest BCUT2D eigenvalue weighted by molar-refractivity contribution is -0.384. The molecule has 8 nitrogen and oxygen atoms in total. The number of nitrogens with one attached hydrogen (secondary N) is 1. The number of nitrogens with zero attached hydrogens (tertiary/aromatic N) is 2. The van der Waals surface area contributed by atoms with Crippen molar-refractivity contribution in [2.45, 2.75) is 0 Å². The van der Waals surface area contributed by atoms with Crippen LogP contribution in [0.25, 0.3) is 6.08 Å². The summed E-state index contributed by atoms with van der Waals surface area (Å²) in [6.45, 7) is 0. The first-order valence-electron chi connectivity index (χ1n) is 9.45. The number of carbonyl (C=O) groups is 2. The summed E-state index contributed by atoms with van der Waals surface area (Å²) in [7, 11) is 0. The summed E-state index contributed by atoms with van der Waals surface area (Å²) < 4.78 is 5.32. The maximum absolute atomic E-state index is 12.3. The van der Waals surface area contributed by atoms with Crippen LogP contribution in [0.1, 0.15) is 21.5 Å². The molecule has 0 aliphatic heterocycles. The molecule has 0 unspecified atom stereocenters. The van der Waals surface area contributed by atoms with Crippen molar-refractivity contribution < 1.29 is 19.2 Å². The number of hydrogen-bond acceptors (Lipinski definition) is 6. The van der Waals surface area contributed by atoms with Crippen molar-refractivity contribution in [3.05, 3.63) is 109 Å². The average molecular weight is 519 g/mol. The lowest BCUT2D eigenvalue weighted by Gasteiger charge is -2.06. The molecule has 0 radical (unpaired) electrons. The molecule has 3 aromatic carbocycles. The third kappa shape index (κ3) is 6.89. The maximum Gasteiger partial charge on any atom is 0.336 e. The lowest BCUT2D eigenvalue weighted by atomic mass is 10.2. The number of ether oxygens (including phenoxy) is 1. The van der Waals surface area contributed by atoms with Crippen molar-refractivity contribution in [3.63, 3.8) is 0 Å². The number of non-ortho nitro benzene ring substituents is 1. The fourth-order valence-corrected chi connectivity index (χ4v) is 3.33. The Morgan fingerprint density at radius 3 is 2.47 bits per heavy atom. The molecule has 0 aromatic heterocycles. The van der Waals surface area contributed by atoms with Crippen LogP contribution in [0.4, 0.5) is 5.69 Å². The molecule has 1 amide bonds. The van der Waals surface area contributed by atoms with Crippen molar-refractivity contribution in [2.75, 3.05) is 0 Å². The number of rotatable bonds is 7. The topological polar surface area (TPSA) is 111 Å². The number of benzene rings is 3. The summed E-state index contributed by atoms with van der Waals surface area (Å²) in [6.07, 6.45) is 3.76. The zero-order valence-electron chi connectivity index (χ0n) is 17.1. The summed E-state index contributed by atoms with van der Waals surface area (Å²) in [5.41, 5.74) is 3.15. The van der Waals surface area contributed by atoms with E-state index in [0.29, 0.717) is 21.2 Å². The second-order valence-corrected chi connectivity index (χ2v) is 7.89. The van der Waals surface area contributed by atoms with Gasteiger partial charge in [-0.15, -0.1) is 0 Å². The van der Waals surface area contributed by atoms with Crippen molar-refractivity contribution in [1.82, 2.24) is 5.43 Å². The first-order chi connectivity index (χ1) is 16.2. The third-order valence-corrected chi connectivity index (χ3v) is 5.00. The molecule has 0 atom stereocenters. The predicted octanol–water partition coefficient (Wildman–Crippen LogP) is 5.94. The normalized spacial score (nSPS) is 11.0. The SMILES string of the molecule is O=C(/C=C/c1cccc([N+](=O)[O-])c1)Oc1ccc(Cl)cc1/C=N/NC(=O)c1ccc(Cl)cc1Cl. The molecular weight excluding hydrogens is 505 g/mol. The van der Waals surface area contributed by atoms with Crippen LogP contribution in [-0.4, -0.2) is 23.0 Å². The Labute approximate surface area is 208 Å². The van der Waals surface area contributed by atoms with Crippen LogP contribution in [0, 0.1) is 10.1 Å². The fourth-order valence-electron chi connectivity index (χ4n) is 2.66. The van der Waals surface area contributed by atoms with E-state index < -0.39 is 16.8 Å². The highest BCUT2D eigenvalue weighted by Crippen LogP contribution is 2.23. The van der Waals surface area contributed by atoms with E-state index in [9.17, 15) is 19.7 Å². The molecule has 0 saturated carbocycles. The largest absolute Gasteiger partial charge is 0.423 e. The molecule has 11 heteroatoms. The van der Waals surface area contributed by atoms with E-state index in [4.69, 9.17) is 39.5 Å². The van der Waals surface area contributed by atoms with E-state index in [1.807, 2.05) is 0 Å². The van der Waals surface area contributed by atoms with Crippen LogP contribution in [0.3, 0.4) is 0 Å². The fraction of sp³-hybridized carbons (Fsp3) is 0. The van der Waals surface area contributed by atoms with Gasteiger partial charge < -0.3 is 4.74 Å². The van der Waals surface area contributed by atoms with Crippen LogP contribution >= 0.6 is 34.8 Å². The van der Waals surface area contributed by atoms with Gasteiger partial charge in [0, 0.05) is 33.8 Å². The van der Waals surface area contributed by atoms with Crippen LogP contribution < -0.4 is 10.2 Å². The smallest absolute Gasteiger partial charge is 0.336 e. The number of hydrogen-bond donors (Lipinski definition) is 1. The molecule has 0 bridgehead atoms. The van der Waals surface area contributed by atoms with Crippen molar-refractivity contribution >= 4 is 64.7 Å². The summed E-state index contributed by atoms with van der Waals surface area (Å²) >= 11 is 17.9. The summed E-state index contributed by atoms with van der Waals surface area (Å²) in [5.74, 6) is -1.18. The molecule has 0 fully saturated rings. The highest BCUT2D eigenvalue weighted by atomic mass is 35.5. The van der Waals surface area contributed by atoms with E-state index in [0.717, 1.165) is 6.08 Å². The van der Waals surface area contributed by atoms with E-state index in [1.54, 1.807) is 6.07 Å². The molecule has 172 valence electrons. The Kier molecular flexibility index (Phi) is 8.37. The van der Waals surface area contributed by atoms with Crippen LogP contribution in [0.5, 0.6) is 5.75 Å². The maximum atomic E-state index is 12.3. The molecule has 0 aliphatic rings. The van der Waals surface area contributed by atoms with Crippen molar-refractivity contribution in [2.24, 2.45) is 5.10 Å². The van der Waals surface area contributed by atoms with Crippen molar-refractivity contribution in [1.29, 1.82) is 0 Å². The summed E-state index contributed by atoms with van der Waals surface area (Å²) in [6, 6.07) is 14.6. The lowest BCUT2D eigenvalue weighted by Crippen LogP contribution is -2.18. The number of esters is 1. The van der Waals surface area contributed by atoms with Gasteiger partial charge >= 0.3 is 5.97 Å². The van der Waals surface area contributed by atoms with Gasteiger partial charge in [-0.25, -0.2) is 10.2 Å². The molecule has 0 aliphatic carbocycles. The number of amides is 1. The van der Waals surface area contributed by atoms with Gasteiger partial charge in [0.05, 0.1) is 21.7 Å². The standard InChI is InChI=1S/C23H14Cl3N3O5/c24-16-6-8-21(34-22(30)9-4-14-2-1-3-18(10-14)29(32)33)15(11-16)13-27-28-23(31)19-7-5-17(25)12-20(19)26/h1-13H,(H,28,31)/b9-4+,27-13+. The number of nitro groups is 1. The minimum atomic E-state index is -0.736. The van der Waals surface area contributed by atoms with Crippen LogP contribution in [-0.2, 0) is 4.79 Å². The number of carbonyl (C=O) groups excluding carboxylic acids is 2. The van der Waals surface area contributed by atoms with Crippen LogP contribution in [0.15, 0.2) is 71.8 Å². The Balaban J connectivity index is 1.70. The van der Waals surface area contributed by atoms with Gasteiger partial charge in [0.2, 0.25) is 0 Å². The zero-order valence-corrected chi connectivity index (χ0v) is 19.3. The van der Waals surface area contributed by atoms with Gasteiger partial charge in [0.25, 0.3) is 11.6 Å². The Morgan fingerprint density at radius 2 is 1.74 bits per heavy atom. The first kappa shape index (κ1) is 24.9. The summed E-state index contributed by atoms with van der Waals surface area (Å²) in [5, 5.41) is 15.6. The van der Waals surface area contributed by atoms with Gasteiger partial charge in [-0.2, -0.15) is 5.10 Å². The minimum absolute atomic E-state index is 0.103. The number of nitro benzene ring substituents is 1. The minimum Gasteiger partial charge on any atom is -0.423 e. The van der Waals surface area contributed by atoms with Gasteiger partial charge in [-0.1, -0.05) is 46.9 Å². The molecule has 0 heterocycles. The number of hydrazone groups is 1. The quantitative estimate of drug-likeness (QED) is 0.104. The molecule has 0 spiro atoms. The van der Waals surface area contributed by atoms with Gasteiger partial charge in [0.1, 0.15) is 5.75 Å².